The summed E-state index contributed by atoms with van der Waals surface area (Å²) in [5, 5.41) is 3.44. The van der Waals surface area contributed by atoms with E-state index in [1.165, 1.54) is 51.4 Å². The van der Waals surface area contributed by atoms with Crippen LogP contribution in [0.1, 0.15) is 79.1 Å². The van der Waals surface area contributed by atoms with E-state index in [4.69, 9.17) is 4.74 Å². The lowest BCUT2D eigenvalue weighted by Crippen LogP contribution is -2.42. The summed E-state index contributed by atoms with van der Waals surface area (Å²) >= 11 is 0. The Labute approximate surface area is 119 Å². The van der Waals surface area contributed by atoms with Gasteiger partial charge in [0.05, 0.1) is 6.61 Å². The maximum atomic E-state index is 11.7. The molecule has 1 atom stereocenters. The van der Waals surface area contributed by atoms with Gasteiger partial charge >= 0.3 is 5.97 Å². The zero-order valence-electron chi connectivity index (χ0n) is 13.3. The SMILES string of the molecule is CCCCCC(CCCCC)NC(C)C(=O)OCC. The molecule has 0 saturated carbocycles. The van der Waals surface area contributed by atoms with Crippen molar-refractivity contribution in [1.82, 2.24) is 5.32 Å². The van der Waals surface area contributed by atoms with Gasteiger partial charge in [-0.1, -0.05) is 52.4 Å². The highest BCUT2D eigenvalue weighted by atomic mass is 16.5. The molecule has 0 saturated heterocycles. The molecular formula is C16H33NO2. The zero-order chi connectivity index (χ0) is 14.5. The van der Waals surface area contributed by atoms with E-state index in [-0.39, 0.29) is 12.0 Å². The Bertz CT molecular complexity index is 209. The maximum Gasteiger partial charge on any atom is 0.322 e. The fourth-order valence-electron chi connectivity index (χ4n) is 2.28. The first-order valence-electron chi connectivity index (χ1n) is 8.08. The van der Waals surface area contributed by atoms with Gasteiger partial charge in [0.15, 0.2) is 0 Å². The van der Waals surface area contributed by atoms with Crippen LogP contribution < -0.4 is 5.32 Å². The minimum Gasteiger partial charge on any atom is -0.465 e. The van der Waals surface area contributed by atoms with E-state index in [1.807, 2.05) is 13.8 Å². The molecule has 0 aliphatic carbocycles. The molecule has 3 heteroatoms. The summed E-state index contributed by atoms with van der Waals surface area (Å²) in [6.07, 6.45) is 9.87. The Hall–Kier alpha value is -0.570. The lowest BCUT2D eigenvalue weighted by Gasteiger charge is -2.22. The van der Waals surface area contributed by atoms with Crippen molar-refractivity contribution < 1.29 is 9.53 Å². The monoisotopic (exact) mass is 271 g/mol. The van der Waals surface area contributed by atoms with Crippen molar-refractivity contribution in [3.05, 3.63) is 0 Å². The Morgan fingerprint density at radius 2 is 1.53 bits per heavy atom. The number of ether oxygens (including phenoxy) is 1. The van der Waals surface area contributed by atoms with Crippen molar-refractivity contribution in [3.8, 4) is 0 Å². The number of esters is 1. The Morgan fingerprint density at radius 3 is 1.95 bits per heavy atom. The maximum absolute atomic E-state index is 11.7. The van der Waals surface area contributed by atoms with Crippen LogP contribution >= 0.6 is 0 Å². The number of carbonyl (C=O) groups excluding carboxylic acids is 1. The van der Waals surface area contributed by atoms with Crippen molar-refractivity contribution in [1.29, 1.82) is 0 Å². The van der Waals surface area contributed by atoms with Gasteiger partial charge in [-0.05, 0) is 26.7 Å². The molecule has 0 spiro atoms. The van der Waals surface area contributed by atoms with Gasteiger partial charge in [0, 0.05) is 6.04 Å². The van der Waals surface area contributed by atoms with Gasteiger partial charge in [-0.2, -0.15) is 0 Å². The van der Waals surface area contributed by atoms with Crippen molar-refractivity contribution in [2.45, 2.75) is 91.1 Å². The normalized spacial score (nSPS) is 12.7. The van der Waals surface area contributed by atoms with Crippen LogP contribution in [-0.2, 0) is 9.53 Å². The van der Waals surface area contributed by atoms with Gasteiger partial charge in [-0.15, -0.1) is 0 Å². The van der Waals surface area contributed by atoms with Crippen molar-refractivity contribution in [2.75, 3.05) is 6.61 Å². The summed E-state index contributed by atoms with van der Waals surface area (Å²) in [7, 11) is 0. The topological polar surface area (TPSA) is 38.3 Å². The number of carbonyl (C=O) groups is 1. The standard InChI is InChI=1S/C16H33NO2/c1-5-8-10-12-15(13-11-9-6-2)17-14(4)16(18)19-7-3/h14-15,17H,5-13H2,1-4H3. The minimum absolute atomic E-state index is 0.126. The predicted molar refractivity (Wildman–Crippen MR) is 81.3 cm³/mol. The first-order valence-corrected chi connectivity index (χ1v) is 8.08. The van der Waals surface area contributed by atoms with Gasteiger partial charge in [-0.3, -0.25) is 4.79 Å². The molecule has 0 aromatic rings. The largest absolute Gasteiger partial charge is 0.465 e. The Kier molecular flexibility index (Phi) is 12.1. The van der Waals surface area contributed by atoms with Crippen LogP contribution in [0.25, 0.3) is 0 Å². The molecule has 0 fully saturated rings. The molecule has 0 aromatic carbocycles. The van der Waals surface area contributed by atoms with Crippen LogP contribution in [0.2, 0.25) is 0 Å². The Balaban J connectivity index is 4.10. The smallest absolute Gasteiger partial charge is 0.322 e. The first-order chi connectivity index (χ1) is 9.15. The predicted octanol–water partition coefficient (Wildman–Crippen LogP) is 4.06. The van der Waals surface area contributed by atoms with Crippen LogP contribution in [0.4, 0.5) is 0 Å². The molecule has 0 aliphatic heterocycles. The fourth-order valence-corrected chi connectivity index (χ4v) is 2.28. The number of unbranched alkanes of at least 4 members (excludes halogenated alkanes) is 4. The highest BCUT2D eigenvalue weighted by Gasteiger charge is 2.18. The zero-order valence-corrected chi connectivity index (χ0v) is 13.3. The van der Waals surface area contributed by atoms with Crippen LogP contribution in [0, 0.1) is 0 Å². The second-order valence-electron chi connectivity index (χ2n) is 5.33. The highest BCUT2D eigenvalue weighted by Crippen LogP contribution is 2.12. The van der Waals surface area contributed by atoms with Gasteiger partial charge in [0.2, 0.25) is 0 Å². The number of rotatable bonds is 12. The third kappa shape index (κ3) is 9.94. The lowest BCUT2D eigenvalue weighted by molar-refractivity contribution is -0.145. The van der Waals surface area contributed by atoms with Gasteiger partial charge in [0.25, 0.3) is 0 Å². The summed E-state index contributed by atoms with van der Waals surface area (Å²) in [5.74, 6) is -0.126. The van der Waals surface area contributed by atoms with Crippen molar-refractivity contribution in [2.24, 2.45) is 0 Å². The molecule has 1 N–H and O–H groups in total. The molecule has 0 amide bonds. The molecule has 114 valence electrons. The molecule has 3 nitrogen and oxygen atoms in total. The molecule has 0 radical (unpaired) electrons. The third-order valence-corrected chi connectivity index (χ3v) is 3.44. The van der Waals surface area contributed by atoms with Gasteiger partial charge < -0.3 is 10.1 Å². The number of hydrogen-bond acceptors (Lipinski definition) is 3. The summed E-state index contributed by atoms with van der Waals surface area (Å²) in [4.78, 5) is 11.7. The second-order valence-corrected chi connectivity index (χ2v) is 5.33. The molecule has 19 heavy (non-hydrogen) atoms. The van der Waals surface area contributed by atoms with Gasteiger partial charge in [-0.25, -0.2) is 0 Å². The van der Waals surface area contributed by atoms with Crippen LogP contribution in [0.5, 0.6) is 0 Å². The highest BCUT2D eigenvalue weighted by molar-refractivity contribution is 5.75. The molecular weight excluding hydrogens is 238 g/mol. The molecule has 0 aromatic heterocycles. The molecule has 0 heterocycles. The van der Waals surface area contributed by atoms with Crippen molar-refractivity contribution >= 4 is 5.97 Å². The lowest BCUT2D eigenvalue weighted by atomic mass is 10.0. The van der Waals surface area contributed by atoms with E-state index >= 15 is 0 Å². The summed E-state index contributed by atoms with van der Waals surface area (Å²) in [6.45, 7) is 8.66. The quantitative estimate of drug-likeness (QED) is 0.430. The molecule has 0 rings (SSSR count). The van der Waals surface area contributed by atoms with E-state index in [0.29, 0.717) is 12.6 Å². The second kappa shape index (κ2) is 12.5. The average Bonchev–Trinajstić information content (AvgIpc) is 2.39. The molecule has 0 aliphatic rings. The van der Waals surface area contributed by atoms with E-state index < -0.39 is 0 Å². The van der Waals surface area contributed by atoms with Gasteiger partial charge in [0.1, 0.15) is 6.04 Å². The minimum atomic E-state index is -0.187. The Morgan fingerprint density at radius 1 is 1.00 bits per heavy atom. The first kappa shape index (κ1) is 18.4. The number of hydrogen-bond donors (Lipinski definition) is 1. The fraction of sp³-hybridized carbons (Fsp3) is 0.938. The summed E-state index contributed by atoms with van der Waals surface area (Å²) < 4.78 is 5.05. The third-order valence-electron chi connectivity index (χ3n) is 3.44. The van der Waals surface area contributed by atoms with Crippen LogP contribution in [0.3, 0.4) is 0 Å². The van der Waals surface area contributed by atoms with E-state index in [2.05, 4.69) is 19.2 Å². The average molecular weight is 271 g/mol. The van der Waals surface area contributed by atoms with Crippen molar-refractivity contribution in [3.63, 3.8) is 0 Å². The van der Waals surface area contributed by atoms with E-state index in [9.17, 15) is 4.79 Å². The summed E-state index contributed by atoms with van der Waals surface area (Å²) in [5.41, 5.74) is 0. The number of nitrogens with one attached hydrogen (secondary N) is 1. The van der Waals surface area contributed by atoms with E-state index in [1.54, 1.807) is 0 Å². The van der Waals surface area contributed by atoms with E-state index in [0.717, 1.165) is 0 Å². The van der Waals surface area contributed by atoms with Crippen LogP contribution in [0.15, 0.2) is 0 Å². The molecule has 1 unspecified atom stereocenters. The molecule has 0 bridgehead atoms. The van der Waals surface area contributed by atoms with Crippen LogP contribution in [-0.4, -0.2) is 24.7 Å². The summed E-state index contributed by atoms with van der Waals surface area (Å²) in [6, 6.07) is 0.269.